The minimum absolute atomic E-state index is 0.0310. The van der Waals surface area contributed by atoms with E-state index in [1.54, 1.807) is 26.1 Å². The third kappa shape index (κ3) is 5.33. The average molecular weight is 424 g/mol. The Labute approximate surface area is 168 Å². The molecule has 3 aromatic heterocycles. The zero-order chi connectivity index (χ0) is 21.9. The topological polar surface area (TPSA) is 114 Å². The lowest BCUT2D eigenvalue weighted by atomic mass is 10.2. The Hall–Kier alpha value is -3.44. The molecule has 0 unspecified atom stereocenters. The quantitative estimate of drug-likeness (QED) is 0.601. The number of imidazole rings is 1. The van der Waals surface area contributed by atoms with Crippen LogP contribution in [0, 0.1) is 13.8 Å². The predicted molar refractivity (Wildman–Crippen MR) is 97.3 cm³/mol. The molecule has 0 aliphatic rings. The highest BCUT2D eigenvalue weighted by Crippen LogP contribution is 2.21. The Bertz CT molecular complexity index is 1070. The van der Waals surface area contributed by atoms with Crippen LogP contribution in [0.5, 0.6) is 0 Å². The van der Waals surface area contributed by atoms with Gasteiger partial charge in [-0.2, -0.15) is 18.3 Å². The molecular formula is C18H19F3N6O3. The second-order valence-electron chi connectivity index (χ2n) is 6.70. The monoisotopic (exact) mass is 424 g/mol. The molecular weight excluding hydrogens is 405 g/mol. The van der Waals surface area contributed by atoms with Crippen molar-refractivity contribution < 1.29 is 27.3 Å². The number of fused-ring (bicyclic) bond motifs is 1. The molecule has 0 saturated heterocycles. The molecule has 9 nitrogen and oxygen atoms in total. The molecule has 0 radical (unpaired) electrons. The SMILES string of the molecule is Cc1noc(C(=O)NCc2cn3ncc(CNC(=O)CCC(F)(F)F)cc3n2)c1C. The summed E-state index contributed by atoms with van der Waals surface area (Å²) in [4.78, 5) is 28.0. The van der Waals surface area contributed by atoms with Crippen molar-refractivity contribution in [2.24, 2.45) is 0 Å². The van der Waals surface area contributed by atoms with E-state index < -0.39 is 30.8 Å². The normalized spacial score (nSPS) is 11.6. The fourth-order valence-corrected chi connectivity index (χ4v) is 2.57. The van der Waals surface area contributed by atoms with Gasteiger partial charge in [0.15, 0.2) is 5.65 Å². The van der Waals surface area contributed by atoms with Crippen LogP contribution >= 0.6 is 0 Å². The maximum Gasteiger partial charge on any atom is 0.389 e. The number of rotatable bonds is 7. The summed E-state index contributed by atoms with van der Waals surface area (Å²) in [6.07, 6.45) is -3.07. The standard InChI is InChI=1S/C18H19F3N6O3/c1-10-11(2)26-30-16(10)17(29)23-8-13-9-27-14(25-13)5-12(7-24-27)6-22-15(28)3-4-18(19,20)21/h5,7,9H,3-4,6,8H2,1-2H3,(H,22,28)(H,23,29). The minimum Gasteiger partial charge on any atom is -0.352 e. The number of halogens is 3. The summed E-state index contributed by atoms with van der Waals surface area (Å²) in [5.74, 6) is -0.977. The Kier molecular flexibility index (Phi) is 6.04. The molecule has 3 heterocycles. The number of hydrogen-bond donors (Lipinski definition) is 2. The molecule has 0 bridgehead atoms. The van der Waals surface area contributed by atoms with Crippen molar-refractivity contribution in [2.45, 2.75) is 46.0 Å². The van der Waals surface area contributed by atoms with Crippen LogP contribution in [-0.4, -0.2) is 37.7 Å². The van der Waals surface area contributed by atoms with E-state index >= 15 is 0 Å². The summed E-state index contributed by atoms with van der Waals surface area (Å²) < 4.78 is 42.9. The number of hydrogen-bond acceptors (Lipinski definition) is 6. The van der Waals surface area contributed by atoms with Crippen LogP contribution in [0.15, 0.2) is 23.0 Å². The lowest BCUT2D eigenvalue weighted by Gasteiger charge is -2.07. The highest BCUT2D eigenvalue weighted by atomic mass is 19.4. The Morgan fingerprint density at radius 2 is 1.97 bits per heavy atom. The summed E-state index contributed by atoms with van der Waals surface area (Å²) >= 11 is 0. The van der Waals surface area contributed by atoms with Crippen LogP contribution < -0.4 is 10.6 Å². The van der Waals surface area contributed by atoms with Gasteiger partial charge in [0, 0.05) is 18.5 Å². The van der Waals surface area contributed by atoms with Gasteiger partial charge < -0.3 is 15.2 Å². The van der Waals surface area contributed by atoms with Gasteiger partial charge in [0.1, 0.15) is 0 Å². The van der Waals surface area contributed by atoms with Crippen molar-refractivity contribution in [1.82, 2.24) is 30.4 Å². The van der Waals surface area contributed by atoms with Gasteiger partial charge in [-0.25, -0.2) is 9.50 Å². The number of nitrogens with one attached hydrogen (secondary N) is 2. The number of carbonyl (C=O) groups is 2. The summed E-state index contributed by atoms with van der Waals surface area (Å²) in [5, 5.41) is 13.0. The van der Waals surface area contributed by atoms with Gasteiger partial charge in [0.2, 0.25) is 11.7 Å². The summed E-state index contributed by atoms with van der Waals surface area (Å²) in [7, 11) is 0. The maximum absolute atomic E-state index is 12.2. The summed E-state index contributed by atoms with van der Waals surface area (Å²) in [6, 6.07) is 1.65. The third-order valence-electron chi connectivity index (χ3n) is 4.35. The molecule has 0 aliphatic carbocycles. The molecule has 0 saturated carbocycles. The molecule has 0 atom stereocenters. The van der Waals surface area contributed by atoms with Gasteiger partial charge in [-0.1, -0.05) is 5.16 Å². The van der Waals surface area contributed by atoms with Crippen LogP contribution in [-0.2, 0) is 17.9 Å². The first kappa shape index (κ1) is 21.3. The van der Waals surface area contributed by atoms with Gasteiger partial charge in [-0.05, 0) is 25.5 Å². The molecule has 3 aromatic rings. The summed E-state index contributed by atoms with van der Waals surface area (Å²) in [6.45, 7) is 3.63. The smallest absolute Gasteiger partial charge is 0.352 e. The largest absolute Gasteiger partial charge is 0.389 e. The maximum atomic E-state index is 12.2. The number of aromatic nitrogens is 4. The molecule has 0 spiro atoms. The Morgan fingerprint density at radius 1 is 1.20 bits per heavy atom. The fourth-order valence-electron chi connectivity index (χ4n) is 2.57. The number of aryl methyl sites for hydroxylation is 1. The van der Waals surface area contributed by atoms with Gasteiger partial charge in [0.25, 0.3) is 5.91 Å². The van der Waals surface area contributed by atoms with E-state index in [1.807, 2.05) is 0 Å². The van der Waals surface area contributed by atoms with E-state index in [-0.39, 0.29) is 18.8 Å². The van der Waals surface area contributed by atoms with Crippen LogP contribution in [0.1, 0.15) is 45.9 Å². The molecule has 2 N–H and O–H groups in total. The molecule has 0 aliphatic heterocycles. The fraction of sp³-hybridized carbons (Fsp3) is 0.389. The first-order chi connectivity index (χ1) is 14.1. The molecule has 0 fully saturated rings. The van der Waals surface area contributed by atoms with Gasteiger partial charge in [-0.3, -0.25) is 9.59 Å². The zero-order valence-corrected chi connectivity index (χ0v) is 16.2. The second-order valence-corrected chi connectivity index (χ2v) is 6.70. The number of nitrogens with zero attached hydrogens (tertiary/aromatic N) is 4. The van der Waals surface area contributed by atoms with Crippen LogP contribution in [0.3, 0.4) is 0 Å². The lowest BCUT2D eigenvalue weighted by Crippen LogP contribution is -2.24. The van der Waals surface area contributed by atoms with Gasteiger partial charge >= 0.3 is 6.18 Å². The van der Waals surface area contributed by atoms with Gasteiger partial charge in [0.05, 0.1) is 36.7 Å². The van der Waals surface area contributed by atoms with Crippen LogP contribution in [0.2, 0.25) is 0 Å². The molecule has 3 rings (SSSR count). The summed E-state index contributed by atoms with van der Waals surface area (Å²) in [5.41, 5.74) is 2.88. The predicted octanol–water partition coefficient (Wildman–Crippen LogP) is 2.22. The highest BCUT2D eigenvalue weighted by Gasteiger charge is 2.27. The molecule has 2 amide bonds. The Balaban J connectivity index is 1.57. The van der Waals surface area contributed by atoms with E-state index in [0.717, 1.165) is 0 Å². The average Bonchev–Trinajstić information content (AvgIpc) is 3.25. The van der Waals surface area contributed by atoms with E-state index in [4.69, 9.17) is 4.52 Å². The zero-order valence-electron chi connectivity index (χ0n) is 16.2. The van der Waals surface area contributed by atoms with Crippen molar-refractivity contribution >= 4 is 17.5 Å². The first-order valence-electron chi connectivity index (χ1n) is 9.00. The minimum atomic E-state index is -4.37. The van der Waals surface area contributed by atoms with E-state index in [1.165, 1.54) is 10.7 Å². The molecule has 12 heteroatoms. The van der Waals surface area contributed by atoms with Crippen molar-refractivity contribution in [1.29, 1.82) is 0 Å². The second kappa shape index (κ2) is 8.51. The number of carbonyl (C=O) groups excluding carboxylic acids is 2. The number of alkyl halides is 3. The molecule has 0 aromatic carbocycles. The third-order valence-corrected chi connectivity index (χ3v) is 4.35. The van der Waals surface area contributed by atoms with Crippen molar-refractivity contribution in [3.05, 3.63) is 46.7 Å². The van der Waals surface area contributed by atoms with Crippen LogP contribution in [0.4, 0.5) is 13.2 Å². The van der Waals surface area contributed by atoms with E-state index in [9.17, 15) is 22.8 Å². The van der Waals surface area contributed by atoms with Gasteiger partial charge in [-0.15, -0.1) is 0 Å². The van der Waals surface area contributed by atoms with Crippen LogP contribution in [0.25, 0.3) is 5.65 Å². The van der Waals surface area contributed by atoms with E-state index in [2.05, 4.69) is 25.9 Å². The molecule has 160 valence electrons. The number of amides is 2. The van der Waals surface area contributed by atoms with Crippen molar-refractivity contribution in [2.75, 3.05) is 0 Å². The van der Waals surface area contributed by atoms with Crippen molar-refractivity contribution in [3.8, 4) is 0 Å². The molecule has 30 heavy (non-hydrogen) atoms. The highest BCUT2D eigenvalue weighted by molar-refractivity contribution is 5.92. The lowest BCUT2D eigenvalue weighted by molar-refractivity contribution is -0.144. The first-order valence-corrected chi connectivity index (χ1v) is 9.00. The van der Waals surface area contributed by atoms with E-state index in [0.29, 0.717) is 28.2 Å². The van der Waals surface area contributed by atoms with Crippen molar-refractivity contribution in [3.63, 3.8) is 0 Å². The Morgan fingerprint density at radius 3 is 2.63 bits per heavy atom.